The Morgan fingerprint density at radius 1 is 1.56 bits per heavy atom. The van der Waals surface area contributed by atoms with Crippen LogP contribution in [0.2, 0.25) is 0 Å². The first kappa shape index (κ1) is 12.9. The Morgan fingerprint density at radius 2 is 2.19 bits per heavy atom. The number of hydrogen-bond acceptors (Lipinski definition) is 3. The van der Waals surface area contributed by atoms with Gasteiger partial charge in [-0.15, -0.1) is 0 Å². The van der Waals surface area contributed by atoms with Gasteiger partial charge in [0.25, 0.3) is 0 Å². The number of aromatic nitrogens is 2. The summed E-state index contributed by atoms with van der Waals surface area (Å²) in [5.41, 5.74) is 1.51. The van der Waals surface area contributed by atoms with Crippen LogP contribution in [-0.4, -0.2) is 28.3 Å². The molecule has 0 spiro atoms. The van der Waals surface area contributed by atoms with E-state index in [9.17, 15) is 4.79 Å². The van der Waals surface area contributed by atoms with Gasteiger partial charge in [-0.2, -0.15) is 5.10 Å². The van der Waals surface area contributed by atoms with Crippen LogP contribution in [0.3, 0.4) is 0 Å². The number of hydrogen-bond donors (Lipinski definition) is 0. The van der Waals surface area contributed by atoms with E-state index < -0.39 is 0 Å². The summed E-state index contributed by atoms with van der Waals surface area (Å²) in [6, 6.07) is 1.94. The maximum Gasteiger partial charge on any atom is 0.141 e. The van der Waals surface area contributed by atoms with Gasteiger partial charge in [0.15, 0.2) is 0 Å². The smallest absolute Gasteiger partial charge is 0.141 e. The molecule has 0 aliphatic heterocycles. The summed E-state index contributed by atoms with van der Waals surface area (Å²) in [7, 11) is 3.48. The molecule has 4 heteroatoms. The highest BCUT2D eigenvalue weighted by molar-refractivity contribution is 5.81. The van der Waals surface area contributed by atoms with E-state index in [-0.39, 0.29) is 11.4 Å². The lowest BCUT2D eigenvalue weighted by molar-refractivity contribution is -0.123. The van der Waals surface area contributed by atoms with Crippen LogP contribution >= 0.6 is 0 Å². The van der Waals surface area contributed by atoms with Gasteiger partial charge >= 0.3 is 0 Å². The molecule has 0 atom stereocenters. The summed E-state index contributed by atoms with van der Waals surface area (Å²) in [6.45, 7) is 5.76. The summed E-state index contributed by atoms with van der Waals surface area (Å²) in [6.07, 6.45) is 0.845. The van der Waals surface area contributed by atoms with E-state index in [4.69, 9.17) is 4.74 Å². The lowest BCUT2D eigenvalue weighted by Gasteiger charge is -2.21. The standard InChI is InChI=1S/C12H20N2O2/c1-9-6-10(14(4)13-9)7-11(15)8-12(2,3)16-5/h6H,7-8H2,1-5H3. The number of carbonyl (C=O) groups excluding carboxylic acids is 1. The predicted octanol–water partition coefficient (Wildman–Crippen LogP) is 1.66. The second-order valence-electron chi connectivity index (χ2n) is 4.76. The minimum absolute atomic E-state index is 0.176. The second-order valence-corrected chi connectivity index (χ2v) is 4.76. The molecule has 1 aromatic rings. The molecular formula is C12H20N2O2. The Kier molecular flexibility index (Phi) is 3.86. The fourth-order valence-electron chi connectivity index (χ4n) is 1.64. The molecule has 0 aliphatic rings. The molecule has 0 fully saturated rings. The number of methoxy groups -OCH3 is 1. The number of carbonyl (C=O) groups is 1. The molecule has 0 unspecified atom stereocenters. The van der Waals surface area contributed by atoms with Crippen molar-refractivity contribution in [1.82, 2.24) is 9.78 Å². The van der Waals surface area contributed by atoms with Crippen molar-refractivity contribution in [2.24, 2.45) is 7.05 Å². The average molecular weight is 224 g/mol. The Labute approximate surface area is 96.6 Å². The summed E-state index contributed by atoms with van der Waals surface area (Å²) in [5, 5.41) is 4.21. The van der Waals surface area contributed by atoms with Gasteiger partial charge in [-0.05, 0) is 26.8 Å². The molecule has 0 aromatic carbocycles. The van der Waals surface area contributed by atoms with Crippen LogP contribution in [0.25, 0.3) is 0 Å². The SMILES string of the molecule is COC(C)(C)CC(=O)Cc1cc(C)nn1C. The molecule has 90 valence electrons. The molecule has 1 rings (SSSR count). The molecule has 0 radical (unpaired) electrons. The number of ether oxygens (including phenoxy) is 1. The molecule has 4 nitrogen and oxygen atoms in total. The third-order valence-corrected chi connectivity index (χ3v) is 2.65. The predicted molar refractivity (Wildman–Crippen MR) is 62.4 cm³/mol. The number of Topliss-reactive ketones (excluding diaryl/α,β-unsaturated/α-hetero) is 1. The molecule has 16 heavy (non-hydrogen) atoms. The van der Waals surface area contributed by atoms with Gasteiger partial charge in [-0.1, -0.05) is 0 Å². The van der Waals surface area contributed by atoms with Gasteiger partial charge in [0.05, 0.1) is 11.3 Å². The number of nitrogens with zero attached hydrogens (tertiary/aromatic N) is 2. The molecule has 0 N–H and O–H groups in total. The van der Waals surface area contributed by atoms with Crippen LogP contribution in [0, 0.1) is 6.92 Å². The highest BCUT2D eigenvalue weighted by Crippen LogP contribution is 2.15. The van der Waals surface area contributed by atoms with Gasteiger partial charge in [-0.3, -0.25) is 9.48 Å². The van der Waals surface area contributed by atoms with Gasteiger partial charge in [-0.25, -0.2) is 0 Å². The van der Waals surface area contributed by atoms with Crippen molar-refractivity contribution >= 4 is 5.78 Å². The van der Waals surface area contributed by atoms with E-state index >= 15 is 0 Å². The van der Waals surface area contributed by atoms with Crippen molar-refractivity contribution in [3.63, 3.8) is 0 Å². The normalized spacial score (nSPS) is 11.8. The van der Waals surface area contributed by atoms with E-state index in [1.807, 2.05) is 33.9 Å². The van der Waals surface area contributed by atoms with Crippen LogP contribution in [0.1, 0.15) is 31.7 Å². The van der Waals surface area contributed by atoms with Crippen LogP contribution in [-0.2, 0) is 23.0 Å². The Bertz CT molecular complexity index is 380. The second kappa shape index (κ2) is 4.78. The molecule has 0 aliphatic carbocycles. The summed E-state index contributed by atoms with van der Waals surface area (Å²) in [5.74, 6) is 0.176. The van der Waals surface area contributed by atoms with Crippen LogP contribution in [0.4, 0.5) is 0 Å². The fraction of sp³-hybridized carbons (Fsp3) is 0.667. The number of aryl methyl sites for hydroxylation is 2. The Hall–Kier alpha value is -1.16. The Morgan fingerprint density at radius 3 is 2.62 bits per heavy atom. The van der Waals surface area contributed by atoms with Gasteiger partial charge < -0.3 is 4.74 Å². The van der Waals surface area contributed by atoms with Gasteiger partial charge in [0.1, 0.15) is 5.78 Å². The maximum atomic E-state index is 11.8. The summed E-state index contributed by atoms with van der Waals surface area (Å²) >= 11 is 0. The van der Waals surface area contributed by atoms with E-state index in [0.717, 1.165) is 11.4 Å². The first-order valence-electron chi connectivity index (χ1n) is 5.40. The van der Waals surface area contributed by atoms with E-state index in [0.29, 0.717) is 12.8 Å². The van der Waals surface area contributed by atoms with E-state index in [1.165, 1.54) is 0 Å². The largest absolute Gasteiger partial charge is 0.378 e. The molecule has 0 saturated heterocycles. The van der Waals surface area contributed by atoms with Crippen LogP contribution < -0.4 is 0 Å². The van der Waals surface area contributed by atoms with Crippen molar-refractivity contribution in [2.45, 2.75) is 39.2 Å². The van der Waals surface area contributed by atoms with Crippen molar-refractivity contribution < 1.29 is 9.53 Å². The zero-order chi connectivity index (χ0) is 12.3. The molecule has 1 aromatic heterocycles. The molecule has 0 amide bonds. The summed E-state index contributed by atoms with van der Waals surface area (Å²) < 4.78 is 7.00. The van der Waals surface area contributed by atoms with Crippen molar-refractivity contribution in [1.29, 1.82) is 0 Å². The minimum Gasteiger partial charge on any atom is -0.378 e. The van der Waals surface area contributed by atoms with Crippen LogP contribution in [0.15, 0.2) is 6.07 Å². The topological polar surface area (TPSA) is 44.1 Å². The molecule has 0 bridgehead atoms. The van der Waals surface area contributed by atoms with Crippen molar-refractivity contribution in [3.05, 3.63) is 17.5 Å². The van der Waals surface area contributed by atoms with Gasteiger partial charge in [0.2, 0.25) is 0 Å². The molecule has 0 saturated carbocycles. The molecule has 1 heterocycles. The zero-order valence-corrected chi connectivity index (χ0v) is 10.7. The number of rotatable bonds is 5. The van der Waals surface area contributed by atoms with E-state index in [1.54, 1.807) is 11.8 Å². The molecular weight excluding hydrogens is 204 g/mol. The van der Waals surface area contributed by atoms with E-state index in [2.05, 4.69) is 5.10 Å². The highest BCUT2D eigenvalue weighted by Gasteiger charge is 2.21. The van der Waals surface area contributed by atoms with Gasteiger partial charge in [0, 0.05) is 32.7 Å². The van der Waals surface area contributed by atoms with Crippen molar-refractivity contribution in [2.75, 3.05) is 7.11 Å². The van der Waals surface area contributed by atoms with Crippen molar-refractivity contribution in [3.8, 4) is 0 Å². The number of ketones is 1. The first-order chi connectivity index (χ1) is 7.34. The average Bonchev–Trinajstić information content (AvgIpc) is 2.44. The monoisotopic (exact) mass is 224 g/mol. The lowest BCUT2D eigenvalue weighted by atomic mass is 9.99. The third-order valence-electron chi connectivity index (χ3n) is 2.65. The zero-order valence-electron chi connectivity index (χ0n) is 10.7. The first-order valence-corrected chi connectivity index (χ1v) is 5.40. The lowest BCUT2D eigenvalue weighted by Crippen LogP contribution is -2.27. The third kappa shape index (κ3) is 3.45. The Balaban J connectivity index is 2.62. The summed E-state index contributed by atoms with van der Waals surface area (Å²) in [4.78, 5) is 11.8. The highest BCUT2D eigenvalue weighted by atomic mass is 16.5. The quantitative estimate of drug-likeness (QED) is 0.764. The van der Waals surface area contributed by atoms with Crippen LogP contribution in [0.5, 0.6) is 0 Å². The fourth-order valence-corrected chi connectivity index (χ4v) is 1.64. The minimum atomic E-state index is -0.384. The maximum absolute atomic E-state index is 11.8.